The van der Waals surface area contributed by atoms with Crippen molar-refractivity contribution >= 4 is 15.8 Å². The molecule has 0 aromatic rings. The van der Waals surface area contributed by atoms with Gasteiger partial charge in [-0.15, -0.1) is 0 Å². The minimum absolute atomic E-state index is 0.00456. The number of halogens is 3. The van der Waals surface area contributed by atoms with Crippen molar-refractivity contribution in [2.24, 2.45) is 0 Å². The Labute approximate surface area is 103 Å². The molecule has 1 fully saturated rings. The quantitative estimate of drug-likeness (QED) is 0.735. The largest absolute Gasteiger partial charge is 0.456 e. The third kappa shape index (κ3) is 6.20. The molecule has 1 atom stereocenters. The molecule has 1 heterocycles. The van der Waals surface area contributed by atoms with Crippen molar-refractivity contribution in [3.8, 4) is 0 Å². The normalized spacial score (nSPS) is 22.9. The molecule has 1 saturated heterocycles. The zero-order valence-corrected chi connectivity index (χ0v) is 10.3. The third-order valence-electron chi connectivity index (χ3n) is 2.39. The Morgan fingerprint density at radius 3 is 2.56 bits per heavy atom. The van der Waals surface area contributed by atoms with E-state index in [1.54, 1.807) is 0 Å². The van der Waals surface area contributed by atoms with Crippen molar-refractivity contribution < 1.29 is 31.1 Å². The number of hydrogen-bond donors (Lipinski definition) is 1. The van der Waals surface area contributed by atoms with E-state index in [2.05, 4.69) is 10.1 Å². The standard InChI is InChI=1S/C9H14F3NO4S/c10-9(11,12)6-17-8(14)1-3-13-7-2-4-18(15,16)5-7/h7,13H,1-6H2. The van der Waals surface area contributed by atoms with Crippen LogP contribution in [0.5, 0.6) is 0 Å². The second-order valence-electron chi connectivity index (χ2n) is 4.08. The number of rotatable bonds is 5. The summed E-state index contributed by atoms with van der Waals surface area (Å²) in [5.74, 6) is -0.853. The van der Waals surface area contributed by atoms with Gasteiger partial charge in [-0.25, -0.2) is 8.42 Å². The molecule has 106 valence electrons. The van der Waals surface area contributed by atoms with Crippen LogP contribution in [0.1, 0.15) is 12.8 Å². The van der Waals surface area contributed by atoms with Gasteiger partial charge in [0.15, 0.2) is 16.4 Å². The lowest BCUT2D eigenvalue weighted by Crippen LogP contribution is -2.32. The predicted molar refractivity (Wildman–Crippen MR) is 56.7 cm³/mol. The molecule has 0 radical (unpaired) electrons. The third-order valence-corrected chi connectivity index (χ3v) is 4.16. The van der Waals surface area contributed by atoms with Crippen LogP contribution >= 0.6 is 0 Å². The van der Waals surface area contributed by atoms with E-state index in [0.717, 1.165) is 0 Å². The lowest BCUT2D eigenvalue weighted by atomic mass is 10.2. The van der Waals surface area contributed by atoms with Gasteiger partial charge in [0, 0.05) is 12.6 Å². The molecule has 0 aromatic heterocycles. The van der Waals surface area contributed by atoms with Crippen LogP contribution in [0.4, 0.5) is 13.2 Å². The molecule has 5 nitrogen and oxygen atoms in total. The maximum absolute atomic E-state index is 11.7. The van der Waals surface area contributed by atoms with E-state index in [0.29, 0.717) is 6.42 Å². The van der Waals surface area contributed by atoms with Crippen LogP contribution in [0.2, 0.25) is 0 Å². The number of carbonyl (C=O) groups is 1. The molecule has 1 N–H and O–H groups in total. The number of hydrogen-bond acceptors (Lipinski definition) is 5. The summed E-state index contributed by atoms with van der Waals surface area (Å²) in [7, 11) is -3.00. The van der Waals surface area contributed by atoms with E-state index >= 15 is 0 Å². The van der Waals surface area contributed by atoms with Crippen LogP contribution in [-0.2, 0) is 19.4 Å². The van der Waals surface area contributed by atoms with Gasteiger partial charge in [-0.2, -0.15) is 13.2 Å². The minimum Gasteiger partial charge on any atom is -0.456 e. The number of nitrogens with one attached hydrogen (secondary N) is 1. The van der Waals surface area contributed by atoms with Gasteiger partial charge >= 0.3 is 12.1 Å². The van der Waals surface area contributed by atoms with Crippen molar-refractivity contribution in [1.29, 1.82) is 0 Å². The summed E-state index contributed by atoms with van der Waals surface area (Å²) in [4.78, 5) is 10.9. The fraction of sp³-hybridized carbons (Fsp3) is 0.889. The molecular weight excluding hydrogens is 275 g/mol. The number of alkyl halides is 3. The maximum atomic E-state index is 11.7. The maximum Gasteiger partial charge on any atom is 0.422 e. The minimum atomic E-state index is -4.53. The summed E-state index contributed by atoms with van der Waals surface area (Å²) in [5, 5.41) is 2.80. The lowest BCUT2D eigenvalue weighted by Gasteiger charge is -2.11. The highest BCUT2D eigenvalue weighted by Gasteiger charge is 2.30. The van der Waals surface area contributed by atoms with Crippen molar-refractivity contribution in [2.75, 3.05) is 24.7 Å². The van der Waals surface area contributed by atoms with E-state index < -0.39 is 28.6 Å². The number of esters is 1. The first-order valence-corrected chi connectivity index (χ1v) is 7.16. The van der Waals surface area contributed by atoms with Gasteiger partial charge in [0.25, 0.3) is 0 Å². The first-order chi connectivity index (χ1) is 8.18. The highest BCUT2D eigenvalue weighted by atomic mass is 32.2. The molecular formula is C9H14F3NO4S. The van der Waals surface area contributed by atoms with Gasteiger partial charge in [0.1, 0.15) is 0 Å². The zero-order chi connectivity index (χ0) is 13.8. The topological polar surface area (TPSA) is 72.5 Å². The van der Waals surface area contributed by atoms with Gasteiger partial charge in [0.2, 0.25) is 0 Å². The number of ether oxygens (including phenoxy) is 1. The summed E-state index contributed by atoms with van der Waals surface area (Å²) in [5.41, 5.74) is 0. The van der Waals surface area contributed by atoms with E-state index in [1.165, 1.54) is 0 Å². The van der Waals surface area contributed by atoms with E-state index in [9.17, 15) is 26.4 Å². The fourth-order valence-corrected chi connectivity index (χ4v) is 3.28. The molecule has 18 heavy (non-hydrogen) atoms. The average Bonchev–Trinajstić information content (AvgIpc) is 2.54. The molecule has 1 aliphatic heterocycles. The second-order valence-corrected chi connectivity index (χ2v) is 6.31. The molecule has 9 heteroatoms. The first kappa shape index (κ1) is 15.2. The Kier molecular flexibility index (Phi) is 4.97. The summed E-state index contributed by atoms with van der Waals surface area (Å²) in [6, 6.07) is -0.231. The number of carbonyl (C=O) groups excluding carboxylic acids is 1. The van der Waals surface area contributed by atoms with Gasteiger partial charge < -0.3 is 10.1 Å². The monoisotopic (exact) mass is 289 g/mol. The van der Waals surface area contributed by atoms with Gasteiger partial charge in [0.05, 0.1) is 17.9 Å². The van der Waals surface area contributed by atoms with Crippen LogP contribution < -0.4 is 5.32 Å². The predicted octanol–water partition coefficient (Wildman–Crippen LogP) is 0.259. The highest BCUT2D eigenvalue weighted by molar-refractivity contribution is 7.91. The first-order valence-electron chi connectivity index (χ1n) is 5.34. The van der Waals surface area contributed by atoms with Gasteiger partial charge in [-0.05, 0) is 6.42 Å². The second kappa shape index (κ2) is 5.87. The highest BCUT2D eigenvalue weighted by Crippen LogP contribution is 2.15. The van der Waals surface area contributed by atoms with Crippen molar-refractivity contribution in [2.45, 2.75) is 25.1 Å². The Morgan fingerprint density at radius 2 is 2.06 bits per heavy atom. The van der Waals surface area contributed by atoms with Crippen LogP contribution in [0.25, 0.3) is 0 Å². The van der Waals surface area contributed by atoms with Crippen molar-refractivity contribution in [3.05, 3.63) is 0 Å². The molecule has 0 aliphatic carbocycles. The fourth-order valence-electron chi connectivity index (χ4n) is 1.57. The summed E-state index contributed by atoms with van der Waals surface area (Å²) < 4.78 is 61.3. The van der Waals surface area contributed by atoms with Crippen LogP contribution in [-0.4, -0.2) is 51.3 Å². The van der Waals surface area contributed by atoms with E-state index in [1.807, 2.05) is 0 Å². The summed E-state index contributed by atoms with van der Waals surface area (Å²) in [6.45, 7) is -1.49. The lowest BCUT2D eigenvalue weighted by molar-refractivity contribution is -0.186. The summed E-state index contributed by atoms with van der Waals surface area (Å²) in [6.07, 6.45) is -4.28. The van der Waals surface area contributed by atoms with E-state index in [-0.39, 0.29) is 30.5 Å². The van der Waals surface area contributed by atoms with Crippen molar-refractivity contribution in [3.63, 3.8) is 0 Å². The Hall–Kier alpha value is -0.830. The van der Waals surface area contributed by atoms with E-state index in [4.69, 9.17) is 0 Å². The van der Waals surface area contributed by atoms with Gasteiger partial charge in [-0.3, -0.25) is 4.79 Å². The molecule has 1 unspecified atom stereocenters. The molecule has 0 saturated carbocycles. The van der Waals surface area contributed by atoms with Crippen LogP contribution in [0.3, 0.4) is 0 Å². The SMILES string of the molecule is O=C(CCNC1CCS(=O)(=O)C1)OCC(F)(F)F. The zero-order valence-electron chi connectivity index (χ0n) is 9.50. The molecule has 0 amide bonds. The Bertz CT molecular complexity index is 393. The average molecular weight is 289 g/mol. The van der Waals surface area contributed by atoms with Crippen LogP contribution in [0.15, 0.2) is 0 Å². The molecule has 0 aromatic carbocycles. The Balaban J connectivity index is 2.13. The smallest absolute Gasteiger partial charge is 0.422 e. The molecule has 0 spiro atoms. The van der Waals surface area contributed by atoms with Crippen LogP contribution in [0, 0.1) is 0 Å². The number of sulfone groups is 1. The van der Waals surface area contributed by atoms with Gasteiger partial charge in [-0.1, -0.05) is 0 Å². The Morgan fingerprint density at radius 1 is 1.39 bits per heavy atom. The molecule has 1 rings (SSSR count). The molecule has 1 aliphatic rings. The molecule has 0 bridgehead atoms. The summed E-state index contributed by atoms with van der Waals surface area (Å²) >= 11 is 0. The van der Waals surface area contributed by atoms with Crippen molar-refractivity contribution in [1.82, 2.24) is 5.32 Å².